The quantitative estimate of drug-likeness (QED) is 0.299. The van der Waals surface area contributed by atoms with Gasteiger partial charge in [0.15, 0.2) is 0 Å². The van der Waals surface area contributed by atoms with E-state index in [1.807, 2.05) is 36.4 Å². The fraction of sp³-hybridized carbons (Fsp3) is 0. The minimum atomic E-state index is 0.855. The molecule has 0 aliphatic carbocycles. The molecule has 0 unspecified atom stereocenters. The highest BCUT2D eigenvalue weighted by atomic mass is 16.3. The van der Waals surface area contributed by atoms with E-state index in [2.05, 4.69) is 57.3 Å². The molecule has 31 heavy (non-hydrogen) atoms. The Bertz CT molecular complexity index is 2000. The molecular weight excluding hydrogens is 384 g/mol. The average Bonchev–Trinajstić information content (AvgIpc) is 3.48. The highest BCUT2D eigenvalue weighted by molar-refractivity contribution is 6.13. The lowest BCUT2D eigenvalue weighted by Gasteiger charge is -2.07. The number of hydrogen-bond donors (Lipinski definition) is 0. The second kappa shape index (κ2) is 5.21. The molecule has 0 saturated heterocycles. The molecule has 8 rings (SSSR count). The number of rotatable bonds is 0. The molecule has 8 aromatic rings. The molecule has 0 spiro atoms. The topological polar surface area (TPSA) is 47.7 Å². The van der Waals surface area contributed by atoms with Gasteiger partial charge in [0.2, 0.25) is 5.78 Å². The number of furan rings is 1. The van der Waals surface area contributed by atoms with E-state index in [0.29, 0.717) is 0 Å². The third-order valence-corrected chi connectivity index (χ3v) is 6.28. The number of benzene rings is 4. The second-order valence-corrected chi connectivity index (χ2v) is 7.96. The van der Waals surface area contributed by atoms with Gasteiger partial charge in [-0.1, -0.05) is 42.5 Å². The van der Waals surface area contributed by atoms with E-state index in [0.717, 1.165) is 66.3 Å². The van der Waals surface area contributed by atoms with Gasteiger partial charge in [0.1, 0.15) is 16.8 Å². The third-order valence-electron chi connectivity index (χ3n) is 6.28. The molecule has 0 aliphatic heterocycles. The summed E-state index contributed by atoms with van der Waals surface area (Å²) in [4.78, 5) is 10.0. The largest absolute Gasteiger partial charge is 0.456 e. The Kier molecular flexibility index (Phi) is 2.60. The van der Waals surface area contributed by atoms with Crippen molar-refractivity contribution in [2.75, 3.05) is 0 Å². The Morgan fingerprint density at radius 3 is 2.13 bits per heavy atom. The molecule has 4 heterocycles. The van der Waals surface area contributed by atoms with E-state index in [-0.39, 0.29) is 0 Å². The van der Waals surface area contributed by atoms with Crippen LogP contribution in [0.1, 0.15) is 0 Å². The Morgan fingerprint density at radius 2 is 1.26 bits per heavy atom. The van der Waals surface area contributed by atoms with Crippen molar-refractivity contribution in [2.24, 2.45) is 0 Å². The number of aromatic nitrogens is 4. The molecule has 0 saturated carbocycles. The van der Waals surface area contributed by atoms with E-state index in [4.69, 9.17) is 14.4 Å². The predicted molar refractivity (Wildman–Crippen MR) is 124 cm³/mol. The first kappa shape index (κ1) is 15.5. The minimum Gasteiger partial charge on any atom is -0.456 e. The van der Waals surface area contributed by atoms with Crippen LogP contribution in [0.2, 0.25) is 0 Å². The first-order chi connectivity index (χ1) is 15.4. The summed E-state index contributed by atoms with van der Waals surface area (Å²) in [5, 5.41) is 3.29. The van der Waals surface area contributed by atoms with Crippen LogP contribution < -0.4 is 0 Å². The van der Waals surface area contributed by atoms with Gasteiger partial charge in [-0.3, -0.25) is 8.80 Å². The fourth-order valence-electron chi connectivity index (χ4n) is 4.93. The van der Waals surface area contributed by atoms with Gasteiger partial charge in [0.05, 0.1) is 27.6 Å². The Hall–Kier alpha value is -4.38. The van der Waals surface area contributed by atoms with Crippen molar-refractivity contribution in [2.45, 2.75) is 0 Å². The van der Waals surface area contributed by atoms with Crippen LogP contribution in [-0.2, 0) is 0 Å². The van der Waals surface area contributed by atoms with Gasteiger partial charge < -0.3 is 4.42 Å². The molecule has 5 nitrogen and oxygen atoms in total. The molecule has 0 fully saturated rings. The normalized spacial score (nSPS) is 12.5. The zero-order chi connectivity index (χ0) is 20.1. The van der Waals surface area contributed by atoms with Gasteiger partial charge in [0, 0.05) is 22.2 Å². The third kappa shape index (κ3) is 1.82. The van der Waals surface area contributed by atoms with Gasteiger partial charge in [-0.15, -0.1) is 0 Å². The molecule has 0 N–H and O–H groups in total. The molecule has 0 amide bonds. The van der Waals surface area contributed by atoms with Crippen molar-refractivity contribution in [3.63, 3.8) is 0 Å². The standard InChI is InChI=1S/C26H14N4O/c1-6-12-23-15(7-1)16-13-17-22(14-24(16)31-23)29-20-10-4-3-9-19(20)28-26(29)30-21-11-5-2-8-18(21)27-25(17)30/h1-14H. The van der Waals surface area contributed by atoms with Gasteiger partial charge in [-0.2, -0.15) is 0 Å². The summed E-state index contributed by atoms with van der Waals surface area (Å²) in [6.45, 7) is 0. The number of nitrogens with zero attached hydrogens (tertiary/aromatic N) is 4. The van der Waals surface area contributed by atoms with E-state index in [1.54, 1.807) is 0 Å². The summed E-state index contributed by atoms with van der Waals surface area (Å²) in [6.07, 6.45) is 0. The van der Waals surface area contributed by atoms with Crippen LogP contribution in [0, 0.1) is 0 Å². The molecule has 0 atom stereocenters. The highest BCUT2D eigenvalue weighted by Gasteiger charge is 2.19. The number of imidazole rings is 2. The number of para-hydroxylation sites is 5. The molecule has 4 aromatic heterocycles. The lowest BCUT2D eigenvalue weighted by Crippen LogP contribution is -1.98. The second-order valence-electron chi connectivity index (χ2n) is 7.96. The Labute approximate surface area is 174 Å². The van der Waals surface area contributed by atoms with Crippen LogP contribution in [0.3, 0.4) is 0 Å². The van der Waals surface area contributed by atoms with Crippen molar-refractivity contribution in [3.8, 4) is 0 Å². The molecular formula is C26H14N4O. The Morgan fingerprint density at radius 1 is 0.548 bits per heavy atom. The maximum atomic E-state index is 6.21. The number of fused-ring (bicyclic) bond motifs is 13. The van der Waals surface area contributed by atoms with E-state index in [1.165, 1.54) is 0 Å². The summed E-state index contributed by atoms with van der Waals surface area (Å²) >= 11 is 0. The first-order valence-electron chi connectivity index (χ1n) is 10.3. The molecule has 0 bridgehead atoms. The summed E-state index contributed by atoms with van der Waals surface area (Å²) in [6, 6.07) is 29.0. The van der Waals surface area contributed by atoms with Crippen molar-refractivity contribution < 1.29 is 4.42 Å². The summed E-state index contributed by atoms with van der Waals surface area (Å²) in [7, 11) is 0. The van der Waals surface area contributed by atoms with E-state index < -0.39 is 0 Å². The zero-order valence-electron chi connectivity index (χ0n) is 16.3. The van der Waals surface area contributed by atoms with Gasteiger partial charge in [-0.05, 0) is 36.4 Å². The van der Waals surface area contributed by atoms with E-state index in [9.17, 15) is 0 Å². The van der Waals surface area contributed by atoms with Crippen molar-refractivity contribution >= 4 is 66.3 Å². The van der Waals surface area contributed by atoms with Gasteiger partial charge >= 0.3 is 0 Å². The fourth-order valence-corrected chi connectivity index (χ4v) is 4.93. The smallest absolute Gasteiger partial charge is 0.221 e. The van der Waals surface area contributed by atoms with Gasteiger partial charge in [-0.25, -0.2) is 9.97 Å². The van der Waals surface area contributed by atoms with E-state index >= 15 is 0 Å². The molecule has 144 valence electrons. The maximum Gasteiger partial charge on any atom is 0.221 e. The lowest BCUT2D eigenvalue weighted by atomic mass is 10.1. The molecule has 0 aliphatic rings. The summed E-state index contributed by atoms with van der Waals surface area (Å²) in [5.41, 5.74) is 7.75. The monoisotopic (exact) mass is 398 g/mol. The number of hydrogen-bond acceptors (Lipinski definition) is 3. The first-order valence-corrected chi connectivity index (χ1v) is 10.3. The van der Waals surface area contributed by atoms with Crippen LogP contribution in [0.25, 0.3) is 66.3 Å². The van der Waals surface area contributed by atoms with Crippen LogP contribution in [-0.4, -0.2) is 18.8 Å². The lowest BCUT2D eigenvalue weighted by molar-refractivity contribution is 0.669. The molecule has 4 aromatic carbocycles. The van der Waals surface area contributed by atoms with Crippen LogP contribution >= 0.6 is 0 Å². The van der Waals surface area contributed by atoms with Crippen LogP contribution in [0.15, 0.2) is 89.3 Å². The van der Waals surface area contributed by atoms with Crippen molar-refractivity contribution in [1.82, 2.24) is 18.8 Å². The van der Waals surface area contributed by atoms with Crippen LogP contribution in [0.5, 0.6) is 0 Å². The molecule has 5 heteroatoms. The van der Waals surface area contributed by atoms with Crippen molar-refractivity contribution in [1.29, 1.82) is 0 Å². The summed E-state index contributed by atoms with van der Waals surface area (Å²) < 4.78 is 10.6. The van der Waals surface area contributed by atoms with Crippen molar-refractivity contribution in [3.05, 3.63) is 84.9 Å². The van der Waals surface area contributed by atoms with Crippen LogP contribution in [0.4, 0.5) is 0 Å². The zero-order valence-corrected chi connectivity index (χ0v) is 16.3. The maximum absolute atomic E-state index is 6.21. The average molecular weight is 398 g/mol. The highest BCUT2D eigenvalue weighted by Crippen LogP contribution is 2.36. The Balaban J connectivity index is 1.75. The summed E-state index contributed by atoms with van der Waals surface area (Å²) in [5.74, 6) is 0.855. The van der Waals surface area contributed by atoms with Gasteiger partial charge in [0.25, 0.3) is 0 Å². The SMILES string of the molecule is c1ccc2c(c1)nc1n2c2cc3oc4ccccc4c3cc2c2nc3ccccc3n21. The minimum absolute atomic E-state index is 0.855. The molecule has 0 radical (unpaired) electrons. The predicted octanol–water partition coefficient (Wildman–Crippen LogP) is 6.34.